The summed E-state index contributed by atoms with van der Waals surface area (Å²) in [6.07, 6.45) is 5.15. The summed E-state index contributed by atoms with van der Waals surface area (Å²) in [6, 6.07) is 10.7. The van der Waals surface area contributed by atoms with Crippen molar-refractivity contribution in [3.63, 3.8) is 0 Å². The van der Waals surface area contributed by atoms with Crippen LogP contribution >= 0.6 is 0 Å². The Kier molecular flexibility index (Phi) is 4.57. The molecule has 2 atom stereocenters. The van der Waals surface area contributed by atoms with Crippen LogP contribution in [-0.2, 0) is 4.79 Å². The van der Waals surface area contributed by atoms with Crippen molar-refractivity contribution in [3.05, 3.63) is 35.9 Å². The lowest BCUT2D eigenvalue weighted by atomic mass is 9.75. The van der Waals surface area contributed by atoms with Crippen LogP contribution in [0.1, 0.15) is 57.4 Å². The molecule has 0 aromatic heterocycles. The third-order valence-corrected chi connectivity index (χ3v) is 4.13. The van der Waals surface area contributed by atoms with E-state index >= 15 is 0 Å². The molecule has 98 valence electrons. The fourth-order valence-electron chi connectivity index (χ4n) is 2.95. The van der Waals surface area contributed by atoms with Crippen molar-refractivity contribution in [2.75, 3.05) is 0 Å². The maximum absolute atomic E-state index is 12.0. The molecular weight excluding hydrogens is 220 g/mol. The zero-order chi connectivity index (χ0) is 13.0. The van der Waals surface area contributed by atoms with Crippen molar-refractivity contribution in [2.45, 2.75) is 51.9 Å². The zero-order valence-corrected chi connectivity index (χ0v) is 11.6. The van der Waals surface area contributed by atoms with Gasteiger partial charge in [-0.2, -0.15) is 0 Å². The molecule has 2 rings (SSSR count). The van der Waals surface area contributed by atoms with Gasteiger partial charge >= 0.3 is 0 Å². The molecule has 2 unspecified atom stereocenters. The van der Waals surface area contributed by atoms with Crippen molar-refractivity contribution in [3.8, 4) is 0 Å². The molecule has 0 N–H and O–H groups in total. The molecule has 1 aliphatic carbocycles. The van der Waals surface area contributed by atoms with Crippen LogP contribution in [0.15, 0.2) is 30.3 Å². The molecular formula is C17H24O. The maximum atomic E-state index is 12.0. The molecule has 1 fully saturated rings. The van der Waals surface area contributed by atoms with Crippen LogP contribution in [0.25, 0.3) is 0 Å². The minimum absolute atomic E-state index is 0.311. The number of hydrogen-bond donors (Lipinski definition) is 0. The predicted octanol–water partition coefficient (Wildman–Crippen LogP) is 4.58. The lowest BCUT2D eigenvalue weighted by Crippen LogP contribution is -2.24. The Morgan fingerprint density at radius 3 is 2.61 bits per heavy atom. The first-order valence-electron chi connectivity index (χ1n) is 7.24. The normalized spacial score (nSPS) is 24.5. The minimum Gasteiger partial charge on any atom is -0.299 e. The summed E-state index contributed by atoms with van der Waals surface area (Å²) in [6.45, 7) is 4.48. The van der Waals surface area contributed by atoms with E-state index in [2.05, 4.69) is 44.2 Å². The molecule has 1 saturated carbocycles. The van der Waals surface area contributed by atoms with Gasteiger partial charge in [-0.25, -0.2) is 0 Å². The summed E-state index contributed by atoms with van der Waals surface area (Å²) >= 11 is 0. The van der Waals surface area contributed by atoms with Gasteiger partial charge in [-0.3, -0.25) is 4.79 Å². The van der Waals surface area contributed by atoms with Crippen molar-refractivity contribution < 1.29 is 4.79 Å². The van der Waals surface area contributed by atoms with Crippen molar-refractivity contribution in [1.29, 1.82) is 0 Å². The van der Waals surface area contributed by atoms with E-state index < -0.39 is 0 Å². The van der Waals surface area contributed by atoms with Crippen LogP contribution < -0.4 is 0 Å². The molecule has 1 aliphatic rings. The molecule has 1 aromatic rings. The van der Waals surface area contributed by atoms with Crippen LogP contribution in [0, 0.1) is 11.8 Å². The highest BCUT2D eigenvalue weighted by Crippen LogP contribution is 2.36. The lowest BCUT2D eigenvalue weighted by Gasteiger charge is -2.28. The standard InChI is InChI=1S/C17H24O/c1-13(2)8-9-16-12-15(10-11-17(16)18)14-6-4-3-5-7-14/h3-7,13,15-16H,8-12H2,1-2H3. The molecule has 0 bridgehead atoms. The van der Waals surface area contributed by atoms with Gasteiger partial charge in [0.05, 0.1) is 0 Å². The monoisotopic (exact) mass is 244 g/mol. The highest BCUT2D eigenvalue weighted by Gasteiger charge is 2.29. The van der Waals surface area contributed by atoms with Gasteiger partial charge in [-0.1, -0.05) is 50.6 Å². The number of carbonyl (C=O) groups is 1. The molecule has 1 nitrogen and oxygen atoms in total. The van der Waals surface area contributed by atoms with Crippen LogP contribution in [0.4, 0.5) is 0 Å². The Hall–Kier alpha value is -1.11. The summed E-state index contributed by atoms with van der Waals surface area (Å²) in [5.74, 6) is 2.12. The number of carbonyl (C=O) groups excluding carboxylic acids is 1. The van der Waals surface area contributed by atoms with Gasteiger partial charge in [0.1, 0.15) is 5.78 Å². The number of Topliss-reactive ketones (excluding diaryl/α,β-unsaturated/α-hetero) is 1. The van der Waals surface area contributed by atoms with Crippen LogP contribution in [0.3, 0.4) is 0 Å². The van der Waals surface area contributed by atoms with Gasteiger partial charge in [0.25, 0.3) is 0 Å². The number of rotatable bonds is 4. The van der Waals surface area contributed by atoms with E-state index in [9.17, 15) is 4.79 Å². The predicted molar refractivity (Wildman–Crippen MR) is 75.6 cm³/mol. The van der Waals surface area contributed by atoms with Crippen molar-refractivity contribution in [1.82, 2.24) is 0 Å². The zero-order valence-electron chi connectivity index (χ0n) is 11.6. The summed E-state index contributed by atoms with van der Waals surface area (Å²) in [4.78, 5) is 12.0. The average Bonchev–Trinajstić information content (AvgIpc) is 2.38. The summed E-state index contributed by atoms with van der Waals surface area (Å²) in [5, 5.41) is 0. The Morgan fingerprint density at radius 2 is 1.94 bits per heavy atom. The third kappa shape index (κ3) is 3.44. The molecule has 0 heterocycles. The molecule has 0 saturated heterocycles. The van der Waals surface area contributed by atoms with Gasteiger partial charge in [-0.05, 0) is 36.7 Å². The molecule has 18 heavy (non-hydrogen) atoms. The fraction of sp³-hybridized carbons (Fsp3) is 0.588. The van der Waals surface area contributed by atoms with E-state index in [4.69, 9.17) is 0 Å². The topological polar surface area (TPSA) is 17.1 Å². The Bertz CT molecular complexity index is 380. The lowest BCUT2D eigenvalue weighted by molar-refractivity contribution is -0.125. The van der Waals surface area contributed by atoms with E-state index in [0.29, 0.717) is 23.5 Å². The van der Waals surface area contributed by atoms with Crippen molar-refractivity contribution in [2.24, 2.45) is 11.8 Å². The van der Waals surface area contributed by atoms with Crippen LogP contribution in [-0.4, -0.2) is 5.78 Å². The average molecular weight is 244 g/mol. The largest absolute Gasteiger partial charge is 0.299 e. The summed E-state index contributed by atoms with van der Waals surface area (Å²) in [7, 11) is 0. The number of benzene rings is 1. The molecule has 0 spiro atoms. The smallest absolute Gasteiger partial charge is 0.136 e. The molecule has 0 amide bonds. The van der Waals surface area contributed by atoms with Crippen LogP contribution in [0.2, 0.25) is 0 Å². The van der Waals surface area contributed by atoms with Gasteiger partial charge in [0.15, 0.2) is 0 Å². The minimum atomic E-state index is 0.311. The Labute approximate surface area is 111 Å². The summed E-state index contributed by atoms with van der Waals surface area (Å²) in [5.41, 5.74) is 1.42. The van der Waals surface area contributed by atoms with Gasteiger partial charge in [0, 0.05) is 12.3 Å². The molecule has 1 heteroatoms. The van der Waals surface area contributed by atoms with E-state index in [1.165, 1.54) is 12.0 Å². The van der Waals surface area contributed by atoms with Crippen LogP contribution in [0.5, 0.6) is 0 Å². The first-order valence-corrected chi connectivity index (χ1v) is 7.24. The second kappa shape index (κ2) is 6.17. The number of ketones is 1. The van der Waals surface area contributed by atoms with Gasteiger partial charge in [-0.15, -0.1) is 0 Å². The first kappa shape index (κ1) is 13.3. The quantitative estimate of drug-likeness (QED) is 0.758. The highest BCUT2D eigenvalue weighted by atomic mass is 16.1. The Balaban J connectivity index is 1.98. The van der Waals surface area contributed by atoms with Gasteiger partial charge in [0.2, 0.25) is 0 Å². The molecule has 0 radical (unpaired) electrons. The molecule has 0 aliphatic heterocycles. The van der Waals surface area contributed by atoms with Gasteiger partial charge < -0.3 is 0 Å². The van der Waals surface area contributed by atoms with E-state index in [-0.39, 0.29) is 0 Å². The SMILES string of the molecule is CC(C)CCC1CC(c2ccccc2)CCC1=O. The van der Waals surface area contributed by atoms with E-state index in [1.54, 1.807) is 0 Å². The second-order valence-electron chi connectivity index (χ2n) is 6.02. The first-order chi connectivity index (χ1) is 8.66. The fourth-order valence-corrected chi connectivity index (χ4v) is 2.95. The number of hydrogen-bond acceptors (Lipinski definition) is 1. The molecule has 1 aromatic carbocycles. The highest BCUT2D eigenvalue weighted by molar-refractivity contribution is 5.82. The van der Waals surface area contributed by atoms with E-state index in [0.717, 1.165) is 25.7 Å². The third-order valence-electron chi connectivity index (χ3n) is 4.13. The van der Waals surface area contributed by atoms with Crippen molar-refractivity contribution >= 4 is 5.78 Å². The maximum Gasteiger partial charge on any atom is 0.136 e. The Morgan fingerprint density at radius 1 is 1.22 bits per heavy atom. The van der Waals surface area contributed by atoms with E-state index in [1.807, 2.05) is 0 Å². The summed E-state index contributed by atoms with van der Waals surface area (Å²) < 4.78 is 0. The second-order valence-corrected chi connectivity index (χ2v) is 6.02.